The smallest absolute Gasteiger partial charge is 0.242 e. The highest BCUT2D eigenvalue weighted by molar-refractivity contribution is 6.18. The first kappa shape index (κ1) is 16.8. The quantitative estimate of drug-likeness (QED) is 0.845. The first-order valence-electron chi connectivity index (χ1n) is 9.32. The van der Waals surface area contributed by atoms with Gasteiger partial charge in [-0.3, -0.25) is 9.59 Å². The predicted molar refractivity (Wildman–Crippen MR) is 103 cm³/mol. The molecule has 1 aliphatic heterocycles. The molecule has 1 heterocycles. The zero-order valence-electron chi connectivity index (χ0n) is 15.3. The molecule has 26 heavy (non-hydrogen) atoms. The molecule has 2 aliphatic rings. The van der Waals surface area contributed by atoms with Crippen molar-refractivity contribution in [2.24, 2.45) is 5.41 Å². The second-order valence-corrected chi connectivity index (χ2v) is 7.65. The zero-order chi connectivity index (χ0) is 18.3. The van der Waals surface area contributed by atoms with E-state index in [0.29, 0.717) is 25.3 Å². The minimum Gasteiger partial charge on any atom is -0.325 e. The summed E-state index contributed by atoms with van der Waals surface area (Å²) >= 11 is 0. The molecule has 4 nitrogen and oxygen atoms in total. The Bertz CT molecular complexity index is 851. The highest BCUT2D eigenvalue weighted by Crippen LogP contribution is 2.49. The molecular weight excluding hydrogens is 324 g/mol. The number of carbonyl (C=O) groups is 2. The summed E-state index contributed by atoms with van der Waals surface area (Å²) in [6.07, 6.45) is 2.11. The summed E-state index contributed by atoms with van der Waals surface area (Å²) in [5.74, 6) is 0.217. The number of hydrogen-bond acceptors (Lipinski definition) is 2. The van der Waals surface area contributed by atoms with Crippen LogP contribution >= 0.6 is 0 Å². The minimum atomic E-state index is -0.895. The van der Waals surface area contributed by atoms with Gasteiger partial charge in [-0.15, -0.1) is 0 Å². The van der Waals surface area contributed by atoms with E-state index in [1.54, 1.807) is 4.90 Å². The molecule has 4 rings (SSSR count). The second-order valence-electron chi connectivity index (χ2n) is 7.65. The highest BCUT2D eigenvalue weighted by atomic mass is 16.2. The fourth-order valence-electron chi connectivity index (χ4n) is 3.67. The van der Waals surface area contributed by atoms with Gasteiger partial charge >= 0.3 is 0 Å². The van der Waals surface area contributed by atoms with E-state index in [0.717, 1.165) is 17.8 Å². The summed E-state index contributed by atoms with van der Waals surface area (Å²) in [6, 6.07) is 15.8. The average molecular weight is 348 g/mol. The molecule has 1 saturated carbocycles. The maximum atomic E-state index is 13.1. The summed E-state index contributed by atoms with van der Waals surface area (Å²) in [5.41, 5.74) is 3.22. The fraction of sp³-hybridized carbons (Fsp3) is 0.364. The van der Waals surface area contributed by atoms with Crippen LogP contribution in [0.15, 0.2) is 48.5 Å². The topological polar surface area (TPSA) is 49.4 Å². The van der Waals surface area contributed by atoms with Crippen molar-refractivity contribution >= 4 is 23.2 Å². The van der Waals surface area contributed by atoms with Crippen LogP contribution in [0.5, 0.6) is 0 Å². The summed E-state index contributed by atoms with van der Waals surface area (Å²) in [7, 11) is 0. The van der Waals surface area contributed by atoms with Crippen molar-refractivity contribution in [2.45, 2.75) is 39.0 Å². The fourth-order valence-corrected chi connectivity index (χ4v) is 3.67. The Balaban J connectivity index is 1.50. The summed E-state index contributed by atoms with van der Waals surface area (Å²) in [6.45, 7) is 4.94. The lowest BCUT2D eigenvalue weighted by Crippen LogP contribution is -2.42. The maximum Gasteiger partial charge on any atom is 0.242 e. The Labute approximate surface area is 154 Å². The molecule has 2 aromatic carbocycles. The molecule has 134 valence electrons. The summed E-state index contributed by atoms with van der Waals surface area (Å²) in [4.78, 5) is 27.8. The Morgan fingerprint density at radius 3 is 2.38 bits per heavy atom. The van der Waals surface area contributed by atoms with Gasteiger partial charge < -0.3 is 10.2 Å². The van der Waals surface area contributed by atoms with E-state index in [2.05, 4.69) is 25.2 Å². The third kappa shape index (κ3) is 2.79. The van der Waals surface area contributed by atoms with E-state index < -0.39 is 5.41 Å². The number of anilines is 2. The molecule has 0 atom stereocenters. The van der Waals surface area contributed by atoms with Crippen LogP contribution in [0.3, 0.4) is 0 Å². The lowest BCUT2D eigenvalue weighted by Gasteiger charge is -2.23. The van der Waals surface area contributed by atoms with Crippen LogP contribution in [0.25, 0.3) is 0 Å². The Hall–Kier alpha value is -2.62. The highest BCUT2D eigenvalue weighted by Gasteiger charge is 2.58. The van der Waals surface area contributed by atoms with Gasteiger partial charge in [0.15, 0.2) is 0 Å². The lowest BCUT2D eigenvalue weighted by molar-refractivity contribution is -0.132. The van der Waals surface area contributed by atoms with E-state index in [9.17, 15) is 9.59 Å². The van der Waals surface area contributed by atoms with Crippen LogP contribution in [-0.2, 0) is 16.0 Å². The third-order valence-corrected chi connectivity index (χ3v) is 5.56. The van der Waals surface area contributed by atoms with Crippen LogP contribution in [0.1, 0.15) is 43.7 Å². The van der Waals surface area contributed by atoms with Crippen LogP contribution < -0.4 is 10.2 Å². The van der Waals surface area contributed by atoms with Gasteiger partial charge in [0.05, 0.1) is 0 Å². The van der Waals surface area contributed by atoms with Crippen LogP contribution in [-0.4, -0.2) is 18.4 Å². The monoisotopic (exact) mass is 348 g/mol. The summed E-state index contributed by atoms with van der Waals surface area (Å²) < 4.78 is 0. The van der Waals surface area contributed by atoms with Gasteiger partial charge in [0.2, 0.25) is 11.8 Å². The van der Waals surface area contributed by atoms with Gasteiger partial charge in [0, 0.05) is 17.9 Å². The first-order valence-corrected chi connectivity index (χ1v) is 9.32. The molecule has 0 aromatic heterocycles. The van der Waals surface area contributed by atoms with Gasteiger partial charge in [0.1, 0.15) is 5.41 Å². The van der Waals surface area contributed by atoms with Crippen LogP contribution in [0.4, 0.5) is 11.4 Å². The molecular formula is C22H24N2O2. The average Bonchev–Trinajstić information content (AvgIpc) is 3.35. The standard InChI is InChI=1S/C22H24N2O2/c1-15(2)16-7-9-18(10-8-16)23-20(25)22(12-13-22)21(26)24-14-11-17-5-3-4-6-19(17)24/h3-10,15H,11-14H2,1-2H3,(H,23,25). The van der Waals surface area contributed by atoms with E-state index in [-0.39, 0.29) is 11.8 Å². The Morgan fingerprint density at radius 1 is 1.04 bits per heavy atom. The number of hydrogen-bond donors (Lipinski definition) is 1. The Morgan fingerprint density at radius 2 is 1.73 bits per heavy atom. The van der Waals surface area contributed by atoms with Crippen molar-refractivity contribution in [2.75, 3.05) is 16.8 Å². The molecule has 1 N–H and O–H groups in total. The largest absolute Gasteiger partial charge is 0.325 e. The van der Waals surface area contributed by atoms with E-state index in [4.69, 9.17) is 0 Å². The third-order valence-electron chi connectivity index (χ3n) is 5.56. The molecule has 1 fully saturated rings. The molecule has 2 amide bonds. The summed E-state index contributed by atoms with van der Waals surface area (Å²) in [5, 5.41) is 2.95. The minimum absolute atomic E-state index is 0.0567. The lowest BCUT2D eigenvalue weighted by atomic mass is 10.0. The van der Waals surface area contributed by atoms with Crippen molar-refractivity contribution < 1.29 is 9.59 Å². The molecule has 0 bridgehead atoms. The predicted octanol–water partition coefficient (Wildman–Crippen LogP) is 4.12. The van der Waals surface area contributed by atoms with E-state index in [1.807, 2.05) is 42.5 Å². The molecule has 0 unspecified atom stereocenters. The molecule has 2 aromatic rings. The van der Waals surface area contributed by atoms with E-state index >= 15 is 0 Å². The van der Waals surface area contributed by atoms with Crippen LogP contribution in [0.2, 0.25) is 0 Å². The van der Waals surface area contributed by atoms with E-state index in [1.165, 1.54) is 11.1 Å². The van der Waals surface area contributed by atoms with Crippen molar-refractivity contribution in [3.8, 4) is 0 Å². The maximum absolute atomic E-state index is 13.1. The molecule has 1 aliphatic carbocycles. The van der Waals surface area contributed by atoms with Gasteiger partial charge in [-0.1, -0.05) is 44.2 Å². The number of amides is 2. The number of nitrogens with zero attached hydrogens (tertiary/aromatic N) is 1. The first-order chi connectivity index (χ1) is 12.5. The van der Waals surface area contributed by atoms with Crippen molar-refractivity contribution in [3.63, 3.8) is 0 Å². The van der Waals surface area contributed by atoms with Gasteiger partial charge in [-0.2, -0.15) is 0 Å². The number of nitrogens with one attached hydrogen (secondary N) is 1. The van der Waals surface area contributed by atoms with Crippen molar-refractivity contribution in [3.05, 3.63) is 59.7 Å². The number of benzene rings is 2. The van der Waals surface area contributed by atoms with Crippen molar-refractivity contribution in [1.82, 2.24) is 0 Å². The Kier molecular flexibility index (Phi) is 4.06. The van der Waals surface area contributed by atoms with Gasteiger partial charge in [-0.25, -0.2) is 0 Å². The molecule has 4 heteroatoms. The number of rotatable bonds is 4. The zero-order valence-corrected chi connectivity index (χ0v) is 15.3. The molecule has 0 spiro atoms. The van der Waals surface area contributed by atoms with Gasteiger partial charge in [-0.05, 0) is 54.5 Å². The van der Waals surface area contributed by atoms with Crippen molar-refractivity contribution in [1.29, 1.82) is 0 Å². The van der Waals surface area contributed by atoms with Crippen LogP contribution in [0, 0.1) is 5.41 Å². The number of para-hydroxylation sites is 1. The second kappa shape index (κ2) is 6.27. The van der Waals surface area contributed by atoms with Gasteiger partial charge in [0.25, 0.3) is 0 Å². The number of fused-ring (bicyclic) bond motifs is 1. The SMILES string of the molecule is CC(C)c1ccc(NC(=O)C2(C(=O)N3CCc4ccccc43)CC2)cc1. The number of carbonyl (C=O) groups excluding carboxylic acids is 2. The molecule has 0 radical (unpaired) electrons. The molecule has 0 saturated heterocycles. The normalized spacial score (nSPS) is 17.1.